The number of ether oxygens (including phenoxy) is 1. The summed E-state index contributed by atoms with van der Waals surface area (Å²) in [6, 6.07) is 0. The van der Waals surface area contributed by atoms with E-state index in [1.807, 2.05) is 6.92 Å². The van der Waals surface area contributed by atoms with Gasteiger partial charge in [-0.05, 0) is 13.3 Å². The highest BCUT2D eigenvalue weighted by atomic mass is 16.5. The van der Waals surface area contributed by atoms with Crippen molar-refractivity contribution in [2.45, 2.75) is 39.2 Å². The maximum absolute atomic E-state index is 10.8. The average molecular weight is 184 g/mol. The van der Waals surface area contributed by atoms with Crippen LogP contribution in [0.5, 0.6) is 0 Å². The molecule has 0 amide bonds. The van der Waals surface area contributed by atoms with Gasteiger partial charge in [0, 0.05) is 6.42 Å². The molecule has 3 nitrogen and oxygen atoms in total. The molecule has 3 heteroatoms. The van der Waals surface area contributed by atoms with Gasteiger partial charge >= 0.3 is 5.97 Å². The van der Waals surface area contributed by atoms with E-state index in [4.69, 9.17) is 0 Å². The minimum atomic E-state index is -0.884. The van der Waals surface area contributed by atoms with Gasteiger partial charge in [0.25, 0.3) is 0 Å². The Morgan fingerprint density at radius 2 is 2.23 bits per heavy atom. The minimum absolute atomic E-state index is 0.0371. The Balaban J connectivity index is 3.68. The smallest absolute Gasteiger partial charge is 0.309 e. The van der Waals surface area contributed by atoms with Crippen LogP contribution in [0.15, 0.2) is 0 Å². The van der Waals surface area contributed by atoms with Crippen molar-refractivity contribution in [3.63, 3.8) is 0 Å². The third kappa shape index (κ3) is 7.35. The first-order valence-corrected chi connectivity index (χ1v) is 4.52. The highest BCUT2D eigenvalue weighted by Gasteiger charge is 2.07. The second-order valence-corrected chi connectivity index (χ2v) is 2.60. The molecule has 1 atom stereocenters. The zero-order chi connectivity index (χ0) is 10.1. The van der Waals surface area contributed by atoms with E-state index < -0.39 is 12.1 Å². The van der Waals surface area contributed by atoms with E-state index in [1.54, 1.807) is 6.92 Å². The zero-order valence-corrected chi connectivity index (χ0v) is 8.17. The second kappa shape index (κ2) is 7.63. The van der Waals surface area contributed by atoms with Gasteiger partial charge < -0.3 is 9.84 Å². The van der Waals surface area contributed by atoms with Gasteiger partial charge in [-0.1, -0.05) is 12.8 Å². The van der Waals surface area contributed by atoms with Gasteiger partial charge in [0.15, 0.2) is 0 Å². The van der Waals surface area contributed by atoms with E-state index in [2.05, 4.69) is 16.6 Å². The molecular weight excluding hydrogens is 168 g/mol. The van der Waals surface area contributed by atoms with Gasteiger partial charge in [-0.2, -0.15) is 0 Å². The van der Waals surface area contributed by atoms with Crippen LogP contribution in [-0.4, -0.2) is 23.8 Å². The lowest BCUT2D eigenvalue weighted by atomic mass is 10.2. The molecule has 1 unspecified atom stereocenters. The van der Waals surface area contributed by atoms with E-state index >= 15 is 0 Å². The highest BCUT2D eigenvalue weighted by Crippen LogP contribution is 1.93. The lowest BCUT2D eigenvalue weighted by Gasteiger charge is -2.02. The fourth-order valence-corrected chi connectivity index (χ4v) is 0.744. The SMILES string of the molecule is CCCC#CC(O)CC(=O)OCC. The fraction of sp³-hybridized carbons (Fsp3) is 0.700. The van der Waals surface area contributed by atoms with E-state index in [1.165, 1.54) is 0 Å². The molecule has 0 fully saturated rings. The van der Waals surface area contributed by atoms with Crippen molar-refractivity contribution in [2.75, 3.05) is 6.61 Å². The molecule has 0 aromatic carbocycles. The molecular formula is C10H16O3. The largest absolute Gasteiger partial charge is 0.466 e. The molecule has 0 bridgehead atoms. The summed E-state index contributed by atoms with van der Waals surface area (Å²) < 4.78 is 4.65. The van der Waals surface area contributed by atoms with Crippen LogP contribution in [0.3, 0.4) is 0 Å². The number of aliphatic hydroxyl groups excluding tert-OH is 1. The van der Waals surface area contributed by atoms with Crippen LogP contribution in [0.4, 0.5) is 0 Å². The molecule has 0 heterocycles. The normalized spacial score (nSPS) is 11.3. The third-order valence-corrected chi connectivity index (χ3v) is 1.31. The number of hydrogen-bond acceptors (Lipinski definition) is 3. The molecule has 0 aliphatic heterocycles. The van der Waals surface area contributed by atoms with Crippen LogP contribution < -0.4 is 0 Å². The predicted octanol–water partition coefficient (Wildman–Crippen LogP) is 1.10. The molecule has 0 saturated carbocycles. The molecule has 0 aliphatic rings. The Hall–Kier alpha value is -1.01. The summed E-state index contributed by atoms with van der Waals surface area (Å²) in [6.45, 7) is 4.08. The van der Waals surface area contributed by atoms with Crippen LogP contribution in [0, 0.1) is 11.8 Å². The monoisotopic (exact) mass is 184 g/mol. The van der Waals surface area contributed by atoms with Gasteiger partial charge in [-0.15, -0.1) is 5.92 Å². The van der Waals surface area contributed by atoms with Crippen molar-refractivity contribution < 1.29 is 14.6 Å². The van der Waals surface area contributed by atoms with E-state index in [0.29, 0.717) is 6.61 Å². The summed E-state index contributed by atoms with van der Waals surface area (Å²) >= 11 is 0. The minimum Gasteiger partial charge on any atom is -0.466 e. The van der Waals surface area contributed by atoms with Crippen molar-refractivity contribution >= 4 is 5.97 Å². The number of esters is 1. The van der Waals surface area contributed by atoms with Crippen LogP contribution >= 0.6 is 0 Å². The molecule has 74 valence electrons. The van der Waals surface area contributed by atoms with Gasteiger partial charge in [0.2, 0.25) is 0 Å². The van der Waals surface area contributed by atoms with Crippen LogP contribution in [0.2, 0.25) is 0 Å². The number of unbranched alkanes of at least 4 members (excludes halogenated alkanes) is 1. The van der Waals surface area contributed by atoms with Crippen LogP contribution in [0.1, 0.15) is 33.1 Å². The van der Waals surface area contributed by atoms with Crippen LogP contribution in [-0.2, 0) is 9.53 Å². The first kappa shape index (κ1) is 12.0. The first-order chi connectivity index (χ1) is 6.20. The summed E-state index contributed by atoms with van der Waals surface area (Å²) in [4.78, 5) is 10.8. The molecule has 0 aromatic heterocycles. The topological polar surface area (TPSA) is 46.5 Å². The first-order valence-electron chi connectivity index (χ1n) is 4.52. The van der Waals surface area contributed by atoms with Gasteiger partial charge in [-0.25, -0.2) is 0 Å². The number of rotatable bonds is 4. The number of carbonyl (C=O) groups excluding carboxylic acids is 1. The van der Waals surface area contributed by atoms with E-state index in [9.17, 15) is 9.90 Å². The number of carbonyl (C=O) groups is 1. The zero-order valence-electron chi connectivity index (χ0n) is 8.17. The van der Waals surface area contributed by atoms with E-state index in [-0.39, 0.29) is 6.42 Å². The maximum atomic E-state index is 10.8. The summed E-state index contributed by atoms with van der Waals surface area (Å²) in [5.41, 5.74) is 0. The molecule has 1 N–H and O–H groups in total. The summed E-state index contributed by atoms with van der Waals surface area (Å²) in [5, 5.41) is 9.20. The van der Waals surface area contributed by atoms with Gasteiger partial charge in [-0.3, -0.25) is 4.79 Å². The van der Waals surface area contributed by atoms with Gasteiger partial charge in [0.1, 0.15) is 6.10 Å². The summed E-state index contributed by atoms with van der Waals surface area (Å²) in [6.07, 6.45) is 0.787. The quantitative estimate of drug-likeness (QED) is 0.525. The third-order valence-electron chi connectivity index (χ3n) is 1.31. The Bertz CT molecular complexity index is 200. The molecule has 0 aromatic rings. The predicted molar refractivity (Wildman–Crippen MR) is 49.9 cm³/mol. The Kier molecular flexibility index (Phi) is 7.04. The maximum Gasteiger partial charge on any atom is 0.309 e. The molecule has 0 aliphatic carbocycles. The number of aliphatic hydroxyl groups is 1. The molecule has 0 rings (SSSR count). The summed E-state index contributed by atoms with van der Waals surface area (Å²) in [7, 11) is 0. The highest BCUT2D eigenvalue weighted by molar-refractivity contribution is 5.70. The number of hydrogen-bond donors (Lipinski definition) is 1. The molecule has 13 heavy (non-hydrogen) atoms. The fourth-order valence-electron chi connectivity index (χ4n) is 0.744. The van der Waals surface area contributed by atoms with E-state index in [0.717, 1.165) is 12.8 Å². The lowest BCUT2D eigenvalue weighted by Crippen LogP contribution is -2.13. The van der Waals surface area contributed by atoms with Crippen molar-refractivity contribution in [1.29, 1.82) is 0 Å². The standard InChI is InChI=1S/C10H16O3/c1-3-5-6-7-9(11)8-10(12)13-4-2/h9,11H,3-5,8H2,1-2H3. The van der Waals surface area contributed by atoms with Gasteiger partial charge in [0.05, 0.1) is 13.0 Å². The lowest BCUT2D eigenvalue weighted by molar-refractivity contribution is -0.144. The van der Waals surface area contributed by atoms with Crippen molar-refractivity contribution in [3.05, 3.63) is 0 Å². The molecule has 0 radical (unpaired) electrons. The Labute approximate surface area is 79.1 Å². The molecule has 0 spiro atoms. The Morgan fingerprint density at radius 1 is 1.54 bits per heavy atom. The van der Waals surface area contributed by atoms with Crippen LogP contribution in [0.25, 0.3) is 0 Å². The second-order valence-electron chi connectivity index (χ2n) is 2.60. The average Bonchev–Trinajstić information content (AvgIpc) is 2.05. The molecule has 0 saturated heterocycles. The van der Waals surface area contributed by atoms with Crippen molar-refractivity contribution in [2.24, 2.45) is 0 Å². The Morgan fingerprint density at radius 3 is 2.77 bits per heavy atom. The van der Waals surface area contributed by atoms with Crippen molar-refractivity contribution in [3.8, 4) is 11.8 Å². The summed E-state index contributed by atoms with van der Waals surface area (Å²) in [5.74, 6) is 4.95. The van der Waals surface area contributed by atoms with Crippen molar-refractivity contribution in [1.82, 2.24) is 0 Å².